The first-order valence-electron chi connectivity index (χ1n) is 4.83. The summed E-state index contributed by atoms with van der Waals surface area (Å²) < 4.78 is 6.52. The molecule has 2 N–H and O–H groups in total. The van der Waals surface area contributed by atoms with Crippen molar-refractivity contribution < 1.29 is 4.74 Å². The zero-order chi connectivity index (χ0) is 10.0. The summed E-state index contributed by atoms with van der Waals surface area (Å²) in [5, 5.41) is 0. The highest BCUT2D eigenvalue weighted by molar-refractivity contribution is 9.10. The van der Waals surface area contributed by atoms with Crippen LogP contribution in [0.2, 0.25) is 0 Å². The van der Waals surface area contributed by atoms with Crippen molar-refractivity contribution in [2.24, 2.45) is 5.73 Å². The third-order valence-corrected chi connectivity index (χ3v) is 3.22. The monoisotopic (exact) mass is 255 g/mol. The van der Waals surface area contributed by atoms with E-state index in [1.54, 1.807) is 0 Å². The Bertz CT molecular complexity index is 304. The molecule has 1 aromatic carbocycles. The van der Waals surface area contributed by atoms with E-state index >= 15 is 0 Å². The van der Waals surface area contributed by atoms with Gasteiger partial charge in [-0.25, -0.2) is 0 Å². The highest BCUT2D eigenvalue weighted by atomic mass is 79.9. The molecule has 14 heavy (non-hydrogen) atoms. The molecule has 1 unspecified atom stereocenters. The largest absolute Gasteiger partial charge is 0.379 e. The van der Waals surface area contributed by atoms with Gasteiger partial charge in [0.25, 0.3) is 0 Å². The molecule has 76 valence electrons. The molecule has 1 saturated heterocycles. The third-order valence-electron chi connectivity index (χ3n) is 2.69. The van der Waals surface area contributed by atoms with Crippen LogP contribution in [0, 0.1) is 0 Å². The lowest BCUT2D eigenvalue weighted by atomic mass is 9.86. The Balaban J connectivity index is 2.23. The molecule has 1 aromatic rings. The summed E-state index contributed by atoms with van der Waals surface area (Å²) >= 11 is 3.42. The van der Waals surface area contributed by atoms with Gasteiger partial charge in [-0.1, -0.05) is 28.1 Å². The molecule has 0 aromatic heterocycles. The van der Waals surface area contributed by atoms with Gasteiger partial charge in [0.15, 0.2) is 0 Å². The normalized spacial score (nSPS) is 27.6. The van der Waals surface area contributed by atoms with E-state index in [2.05, 4.69) is 28.1 Å². The average Bonchev–Trinajstić information content (AvgIpc) is 2.19. The van der Waals surface area contributed by atoms with Crippen LogP contribution in [-0.2, 0) is 10.3 Å². The number of nitrogens with two attached hydrogens (primary N) is 1. The number of hydrogen-bond donors (Lipinski definition) is 1. The summed E-state index contributed by atoms with van der Waals surface area (Å²) in [5.41, 5.74) is 7.18. The number of benzene rings is 1. The zero-order valence-corrected chi connectivity index (χ0v) is 9.59. The van der Waals surface area contributed by atoms with E-state index in [0.29, 0.717) is 6.61 Å². The van der Waals surface area contributed by atoms with E-state index in [0.717, 1.165) is 23.9 Å². The van der Waals surface area contributed by atoms with Gasteiger partial charge >= 0.3 is 0 Å². The summed E-state index contributed by atoms with van der Waals surface area (Å²) in [6.07, 6.45) is 2.06. The summed E-state index contributed by atoms with van der Waals surface area (Å²) in [6, 6.07) is 8.19. The zero-order valence-electron chi connectivity index (χ0n) is 8.00. The van der Waals surface area contributed by atoms with Crippen LogP contribution in [-0.4, -0.2) is 13.2 Å². The summed E-state index contributed by atoms with van der Waals surface area (Å²) in [5.74, 6) is 0. The number of hydrogen-bond acceptors (Lipinski definition) is 2. The maximum absolute atomic E-state index is 6.29. The molecule has 0 radical (unpaired) electrons. The van der Waals surface area contributed by atoms with Gasteiger partial charge in [0.2, 0.25) is 0 Å². The van der Waals surface area contributed by atoms with Crippen molar-refractivity contribution in [1.82, 2.24) is 0 Å². The van der Waals surface area contributed by atoms with Gasteiger partial charge in [-0.15, -0.1) is 0 Å². The number of ether oxygens (including phenoxy) is 1. The highest BCUT2D eigenvalue weighted by Gasteiger charge is 2.29. The summed E-state index contributed by atoms with van der Waals surface area (Å²) in [6.45, 7) is 1.48. The predicted octanol–water partition coefficient (Wildman–Crippen LogP) is 2.41. The molecule has 0 amide bonds. The van der Waals surface area contributed by atoms with Crippen molar-refractivity contribution in [3.8, 4) is 0 Å². The van der Waals surface area contributed by atoms with E-state index in [9.17, 15) is 0 Å². The van der Waals surface area contributed by atoms with E-state index in [1.165, 1.54) is 5.56 Å². The first-order chi connectivity index (χ1) is 6.71. The fraction of sp³-hybridized carbons (Fsp3) is 0.455. The first kappa shape index (κ1) is 10.1. The molecule has 1 aliphatic heterocycles. The van der Waals surface area contributed by atoms with Gasteiger partial charge < -0.3 is 10.5 Å². The third kappa shape index (κ3) is 2.00. The van der Waals surface area contributed by atoms with Crippen LogP contribution in [0.5, 0.6) is 0 Å². The second-order valence-corrected chi connectivity index (χ2v) is 4.73. The Morgan fingerprint density at radius 1 is 1.29 bits per heavy atom. The molecular weight excluding hydrogens is 242 g/mol. The van der Waals surface area contributed by atoms with Crippen molar-refractivity contribution in [1.29, 1.82) is 0 Å². The Labute approximate surface area is 92.6 Å². The maximum atomic E-state index is 6.29. The van der Waals surface area contributed by atoms with Crippen molar-refractivity contribution in [3.05, 3.63) is 34.3 Å². The topological polar surface area (TPSA) is 35.2 Å². The predicted molar refractivity (Wildman–Crippen MR) is 60.1 cm³/mol. The highest BCUT2D eigenvalue weighted by Crippen LogP contribution is 2.28. The van der Waals surface area contributed by atoms with E-state index in [1.807, 2.05) is 12.1 Å². The molecule has 1 aliphatic rings. The lowest BCUT2D eigenvalue weighted by Crippen LogP contribution is -2.44. The molecular formula is C11H14BrNO. The molecule has 0 bridgehead atoms. The average molecular weight is 256 g/mol. The van der Waals surface area contributed by atoms with Crippen LogP contribution in [0.1, 0.15) is 18.4 Å². The Morgan fingerprint density at radius 2 is 2.00 bits per heavy atom. The Hall–Kier alpha value is -0.380. The van der Waals surface area contributed by atoms with Crippen LogP contribution in [0.15, 0.2) is 28.7 Å². The first-order valence-corrected chi connectivity index (χ1v) is 5.63. The molecule has 0 aliphatic carbocycles. The molecule has 2 rings (SSSR count). The Morgan fingerprint density at radius 3 is 2.57 bits per heavy atom. The fourth-order valence-electron chi connectivity index (χ4n) is 1.83. The molecule has 0 spiro atoms. The van der Waals surface area contributed by atoms with Gasteiger partial charge in [0, 0.05) is 11.1 Å². The molecule has 1 heterocycles. The SMILES string of the molecule is NC1(c2ccc(Br)cc2)CCCOC1. The minimum Gasteiger partial charge on any atom is -0.379 e. The van der Waals surface area contributed by atoms with Gasteiger partial charge in [-0.05, 0) is 30.5 Å². The van der Waals surface area contributed by atoms with E-state index in [-0.39, 0.29) is 5.54 Å². The van der Waals surface area contributed by atoms with Crippen LogP contribution < -0.4 is 5.73 Å². The van der Waals surface area contributed by atoms with Gasteiger partial charge in [-0.3, -0.25) is 0 Å². The van der Waals surface area contributed by atoms with Crippen molar-refractivity contribution in [2.45, 2.75) is 18.4 Å². The lowest BCUT2D eigenvalue weighted by Gasteiger charge is -2.33. The van der Waals surface area contributed by atoms with Crippen LogP contribution in [0.25, 0.3) is 0 Å². The second kappa shape index (κ2) is 4.01. The van der Waals surface area contributed by atoms with Gasteiger partial charge in [0.05, 0.1) is 12.1 Å². The van der Waals surface area contributed by atoms with Crippen molar-refractivity contribution in [2.75, 3.05) is 13.2 Å². The molecule has 0 saturated carbocycles. The maximum Gasteiger partial charge on any atom is 0.0688 e. The lowest BCUT2D eigenvalue weighted by molar-refractivity contribution is 0.0367. The minimum absolute atomic E-state index is 0.279. The van der Waals surface area contributed by atoms with Gasteiger partial charge in [-0.2, -0.15) is 0 Å². The van der Waals surface area contributed by atoms with Crippen molar-refractivity contribution in [3.63, 3.8) is 0 Å². The van der Waals surface area contributed by atoms with Gasteiger partial charge in [0.1, 0.15) is 0 Å². The van der Waals surface area contributed by atoms with Crippen LogP contribution in [0.4, 0.5) is 0 Å². The second-order valence-electron chi connectivity index (χ2n) is 3.82. The number of rotatable bonds is 1. The molecule has 3 heteroatoms. The van der Waals surface area contributed by atoms with Crippen molar-refractivity contribution >= 4 is 15.9 Å². The van der Waals surface area contributed by atoms with E-state index < -0.39 is 0 Å². The summed E-state index contributed by atoms with van der Waals surface area (Å²) in [7, 11) is 0. The number of halogens is 1. The standard InChI is InChI=1S/C11H14BrNO/c12-10-4-2-9(3-5-10)11(13)6-1-7-14-8-11/h2-5H,1,6-8,13H2. The van der Waals surface area contributed by atoms with Crippen LogP contribution in [0.3, 0.4) is 0 Å². The fourth-order valence-corrected chi connectivity index (χ4v) is 2.09. The minimum atomic E-state index is -0.279. The van der Waals surface area contributed by atoms with E-state index in [4.69, 9.17) is 10.5 Å². The van der Waals surface area contributed by atoms with Crippen LogP contribution >= 0.6 is 15.9 Å². The molecule has 1 atom stereocenters. The smallest absolute Gasteiger partial charge is 0.0688 e. The quantitative estimate of drug-likeness (QED) is 0.837. The molecule has 1 fully saturated rings. The Kier molecular flexibility index (Phi) is 2.91. The summed E-state index contributed by atoms with van der Waals surface area (Å²) in [4.78, 5) is 0. The molecule has 2 nitrogen and oxygen atoms in total.